The van der Waals surface area contributed by atoms with Gasteiger partial charge in [-0.25, -0.2) is 0 Å². The van der Waals surface area contributed by atoms with Crippen LogP contribution in [0.2, 0.25) is 0 Å². The minimum Gasteiger partial charge on any atom is -0.508 e. The second-order valence-corrected chi connectivity index (χ2v) is 4.00. The Morgan fingerprint density at radius 3 is 2.37 bits per heavy atom. The highest BCUT2D eigenvalue weighted by Crippen LogP contribution is 2.34. The fraction of sp³-hybridized carbons (Fsp3) is 0.143. The highest BCUT2D eigenvalue weighted by Gasteiger charge is 2.30. The Morgan fingerprint density at radius 2 is 1.74 bits per heavy atom. The molecule has 0 bridgehead atoms. The lowest BCUT2D eigenvalue weighted by atomic mass is 10.0. The lowest BCUT2D eigenvalue weighted by molar-refractivity contribution is -0.137. The van der Waals surface area contributed by atoms with Gasteiger partial charge >= 0.3 is 6.18 Å². The fourth-order valence-corrected chi connectivity index (χ4v) is 1.74. The number of alkyl halides is 3. The van der Waals surface area contributed by atoms with E-state index in [2.05, 4.69) is 0 Å². The number of hydrogen-bond donors (Lipinski definition) is 1. The minimum absolute atomic E-state index is 0.0632. The van der Waals surface area contributed by atoms with Gasteiger partial charge in [-0.1, -0.05) is 12.1 Å². The summed E-state index contributed by atoms with van der Waals surface area (Å²) >= 11 is 0. The van der Waals surface area contributed by atoms with Gasteiger partial charge in [-0.15, -0.1) is 0 Å². The number of ether oxygens (including phenoxy) is 1. The fourth-order valence-electron chi connectivity index (χ4n) is 1.74. The van der Waals surface area contributed by atoms with E-state index in [-0.39, 0.29) is 5.75 Å². The number of phenols is 1. The van der Waals surface area contributed by atoms with Crippen LogP contribution in [0.1, 0.15) is 5.56 Å². The largest absolute Gasteiger partial charge is 0.508 e. The second kappa shape index (κ2) is 4.84. The molecule has 2 nitrogen and oxygen atoms in total. The molecule has 0 radical (unpaired) electrons. The van der Waals surface area contributed by atoms with Gasteiger partial charge in [-0.05, 0) is 35.4 Å². The van der Waals surface area contributed by atoms with Crippen LogP contribution in [-0.2, 0) is 6.18 Å². The summed E-state index contributed by atoms with van der Waals surface area (Å²) in [4.78, 5) is 0. The third-order valence-corrected chi connectivity index (χ3v) is 2.65. The molecule has 0 aliphatic rings. The predicted molar refractivity (Wildman–Crippen MR) is 65.1 cm³/mol. The standard InChI is InChI=1S/C14H11F3O2/c1-19-13-7-10(6-12(18)8-13)9-3-2-4-11(5-9)14(15,16)17/h2-8,18H,1H3. The molecule has 0 heterocycles. The monoisotopic (exact) mass is 268 g/mol. The first-order valence-corrected chi connectivity index (χ1v) is 5.46. The molecule has 2 aromatic carbocycles. The summed E-state index contributed by atoms with van der Waals surface area (Å²) in [6, 6.07) is 9.25. The van der Waals surface area contributed by atoms with Crippen molar-refractivity contribution in [1.29, 1.82) is 0 Å². The molecule has 2 rings (SSSR count). The van der Waals surface area contributed by atoms with E-state index in [0.29, 0.717) is 16.9 Å². The maximum absolute atomic E-state index is 12.6. The Bertz CT molecular complexity index is 591. The molecule has 0 aliphatic heterocycles. The molecule has 0 fully saturated rings. The normalized spacial score (nSPS) is 11.4. The molecule has 1 N–H and O–H groups in total. The molecular formula is C14H11F3O2. The van der Waals surface area contributed by atoms with Crippen LogP contribution in [0.15, 0.2) is 42.5 Å². The first-order chi connectivity index (χ1) is 8.90. The summed E-state index contributed by atoms with van der Waals surface area (Å²) in [6.45, 7) is 0. The highest BCUT2D eigenvalue weighted by molar-refractivity contribution is 5.67. The molecule has 0 unspecified atom stereocenters. The van der Waals surface area contributed by atoms with Crippen molar-refractivity contribution in [3.8, 4) is 22.6 Å². The van der Waals surface area contributed by atoms with Gasteiger partial charge in [-0.2, -0.15) is 13.2 Å². The Morgan fingerprint density at radius 1 is 1.00 bits per heavy atom. The molecule has 100 valence electrons. The van der Waals surface area contributed by atoms with Crippen LogP contribution in [0.5, 0.6) is 11.5 Å². The van der Waals surface area contributed by atoms with Crippen LogP contribution in [0.3, 0.4) is 0 Å². The predicted octanol–water partition coefficient (Wildman–Crippen LogP) is 4.09. The average molecular weight is 268 g/mol. The number of rotatable bonds is 2. The van der Waals surface area contributed by atoms with Crippen molar-refractivity contribution >= 4 is 0 Å². The summed E-state index contributed by atoms with van der Waals surface area (Å²) in [5.74, 6) is 0.319. The van der Waals surface area contributed by atoms with Crippen LogP contribution >= 0.6 is 0 Å². The van der Waals surface area contributed by atoms with Crippen LogP contribution in [0.25, 0.3) is 11.1 Å². The smallest absolute Gasteiger partial charge is 0.416 e. The number of methoxy groups -OCH3 is 1. The van der Waals surface area contributed by atoms with Crippen molar-refractivity contribution in [3.63, 3.8) is 0 Å². The SMILES string of the molecule is COc1cc(O)cc(-c2cccc(C(F)(F)F)c2)c1. The number of phenolic OH excluding ortho intramolecular Hbond substituents is 1. The van der Waals surface area contributed by atoms with Gasteiger partial charge in [0.05, 0.1) is 12.7 Å². The highest BCUT2D eigenvalue weighted by atomic mass is 19.4. The molecule has 0 aromatic heterocycles. The molecule has 0 spiro atoms. The van der Waals surface area contributed by atoms with Crippen LogP contribution in [0.4, 0.5) is 13.2 Å². The molecular weight excluding hydrogens is 257 g/mol. The maximum Gasteiger partial charge on any atom is 0.416 e. The van der Waals surface area contributed by atoms with E-state index in [1.165, 1.54) is 25.3 Å². The first-order valence-electron chi connectivity index (χ1n) is 5.46. The lowest BCUT2D eigenvalue weighted by Gasteiger charge is -2.10. The van der Waals surface area contributed by atoms with Gasteiger partial charge in [0.1, 0.15) is 11.5 Å². The molecule has 0 saturated carbocycles. The number of benzene rings is 2. The summed E-state index contributed by atoms with van der Waals surface area (Å²) in [7, 11) is 1.42. The van der Waals surface area contributed by atoms with Crippen LogP contribution in [-0.4, -0.2) is 12.2 Å². The lowest BCUT2D eigenvalue weighted by Crippen LogP contribution is -2.04. The third-order valence-electron chi connectivity index (χ3n) is 2.65. The van der Waals surface area contributed by atoms with Gasteiger partial charge in [-0.3, -0.25) is 0 Å². The molecule has 0 saturated heterocycles. The Balaban J connectivity index is 2.50. The summed E-state index contributed by atoms with van der Waals surface area (Å²) in [5.41, 5.74) is 0.0966. The summed E-state index contributed by atoms with van der Waals surface area (Å²) in [6.07, 6.45) is -4.39. The van der Waals surface area contributed by atoms with Gasteiger partial charge in [0.25, 0.3) is 0 Å². The quantitative estimate of drug-likeness (QED) is 0.889. The van der Waals surface area contributed by atoms with E-state index in [9.17, 15) is 18.3 Å². The van der Waals surface area contributed by atoms with E-state index < -0.39 is 11.7 Å². The second-order valence-electron chi connectivity index (χ2n) is 4.00. The molecule has 0 amide bonds. The Kier molecular flexibility index (Phi) is 3.38. The summed E-state index contributed by atoms with van der Waals surface area (Å²) < 4.78 is 42.9. The zero-order chi connectivity index (χ0) is 14.0. The average Bonchev–Trinajstić information content (AvgIpc) is 2.37. The first kappa shape index (κ1) is 13.3. The van der Waals surface area contributed by atoms with Gasteiger partial charge < -0.3 is 9.84 Å². The van der Waals surface area contributed by atoms with E-state index in [4.69, 9.17) is 4.74 Å². The van der Waals surface area contributed by atoms with E-state index >= 15 is 0 Å². The van der Waals surface area contributed by atoms with E-state index in [0.717, 1.165) is 12.1 Å². The van der Waals surface area contributed by atoms with Crippen molar-refractivity contribution in [2.24, 2.45) is 0 Å². The van der Waals surface area contributed by atoms with Gasteiger partial charge in [0, 0.05) is 6.07 Å². The van der Waals surface area contributed by atoms with Crippen LogP contribution in [0, 0.1) is 0 Å². The third kappa shape index (κ3) is 2.99. The Labute approximate surface area is 108 Å². The van der Waals surface area contributed by atoms with E-state index in [1.54, 1.807) is 12.1 Å². The topological polar surface area (TPSA) is 29.5 Å². The van der Waals surface area contributed by atoms with Crippen molar-refractivity contribution in [1.82, 2.24) is 0 Å². The van der Waals surface area contributed by atoms with Gasteiger partial charge in [0.15, 0.2) is 0 Å². The van der Waals surface area contributed by atoms with Crippen molar-refractivity contribution in [2.45, 2.75) is 6.18 Å². The van der Waals surface area contributed by atoms with Crippen molar-refractivity contribution < 1.29 is 23.0 Å². The van der Waals surface area contributed by atoms with Crippen LogP contribution < -0.4 is 4.74 Å². The molecule has 0 aliphatic carbocycles. The minimum atomic E-state index is -4.39. The maximum atomic E-state index is 12.6. The zero-order valence-electron chi connectivity index (χ0n) is 10.0. The Hall–Kier alpha value is -2.17. The molecule has 19 heavy (non-hydrogen) atoms. The molecule has 5 heteroatoms. The summed E-state index contributed by atoms with van der Waals surface area (Å²) in [5, 5.41) is 9.51. The van der Waals surface area contributed by atoms with Crippen molar-refractivity contribution in [2.75, 3.05) is 7.11 Å². The zero-order valence-corrected chi connectivity index (χ0v) is 10.0. The van der Waals surface area contributed by atoms with Crippen molar-refractivity contribution in [3.05, 3.63) is 48.0 Å². The molecule has 0 atom stereocenters. The number of aromatic hydroxyl groups is 1. The number of halogens is 3. The number of hydrogen-bond acceptors (Lipinski definition) is 2. The molecule has 2 aromatic rings. The van der Waals surface area contributed by atoms with E-state index in [1.807, 2.05) is 0 Å². The van der Waals surface area contributed by atoms with Gasteiger partial charge in [0.2, 0.25) is 0 Å².